The molecule has 1 amide bonds. The van der Waals surface area contributed by atoms with Crippen molar-refractivity contribution in [3.05, 3.63) is 35.6 Å². The molecule has 26 heavy (non-hydrogen) atoms. The van der Waals surface area contributed by atoms with Gasteiger partial charge in [-0.15, -0.1) is 0 Å². The van der Waals surface area contributed by atoms with Crippen LogP contribution in [0.25, 0.3) is 0 Å². The molecule has 3 aliphatic heterocycles. The monoisotopic (exact) mass is 380 g/mol. The number of halogens is 1. The summed E-state index contributed by atoms with van der Waals surface area (Å²) in [4.78, 5) is 17.0. The van der Waals surface area contributed by atoms with E-state index in [9.17, 15) is 17.6 Å². The maximum atomic E-state index is 13.1. The van der Waals surface area contributed by atoms with E-state index in [0.29, 0.717) is 26.1 Å². The molecule has 0 unspecified atom stereocenters. The molecule has 0 N–H and O–H groups in total. The highest BCUT2D eigenvalue weighted by molar-refractivity contribution is 7.92. The number of sulfone groups is 1. The number of rotatable bonds is 3. The number of fused-ring (bicyclic) bond motifs is 1. The molecule has 3 saturated heterocycles. The highest BCUT2D eigenvalue weighted by Gasteiger charge is 2.51. The number of hydrogen-bond acceptors (Lipinski definition) is 4. The molecule has 4 rings (SSSR count). The van der Waals surface area contributed by atoms with Crippen LogP contribution in [0.1, 0.15) is 24.8 Å². The Morgan fingerprint density at radius 1 is 1.12 bits per heavy atom. The van der Waals surface area contributed by atoms with Gasteiger partial charge in [0.1, 0.15) is 5.82 Å². The van der Waals surface area contributed by atoms with Crippen molar-refractivity contribution >= 4 is 15.7 Å². The van der Waals surface area contributed by atoms with Gasteiger partial charge in [-0.05, 0) is 37.0 Å². The number of likely N-dealkylation sites (tertiary alicyclic amines) is 2. The fourth-order valence-corrected chi connectivity index (χ4v) is 6.89. The number of hydrogen-bond donors (Lipinski definition) is 0. The molecule has 0 bridgehead atoms. The van der Waals surface area contributed by atoms with Gasteiger partial charge in [-0.2, -0.15) is 0 Å². The molecule has 142 valence electrons. The molecule has 1 aromatic carbocycles. The van der Waals surface area contributed by atoms with Crippen molar-refractivity contribution in [3.63, 3.8) is 0 Å². The van der Waals surface area contributed by atoms with Crippen molar-refractivity contribution in [2.24, 2.45) is 11.8 Å². The van der Waals surface area contributed by atoms with E-state index in [2.05, 4.69) is 4.90 Å². The van der Waals surface area contributed by atoms with Crippen LogP contribution >= 0.6 is 0 Å². The third kappa shape index (κ3) is 3.39. The zero-order valence-corrected chi connectivity index (χ0v) is 15.6. The summed E-state index contributed by atoms with van der Waals surface area (Å²) in [6.45, 7) is 3.28. The van der Waals surface area contributed by atoms with Gasteiger partial charge in [0.15, 0.2) is 9.84 Å². The fraction of sp³-hybridized carbons (Fsp3) is 0.632. The van der Waals surface area contributed by atoms with Crippen molar-refractivity contribution in [3.8, 4) is 0 Å². The van der Waals surface area contributed by atoms with Gasteiger partial charge in [-0.25, -0.2) is 12.8 Å². The Kier molecular flexibility index (Phi) is 4.77. The Labute approximate surface area is 154 Å². The standard InChI is InChI=1S/C19H25FN2O3S/c20-15-5-3-14(4-6-15)11-21-12-17-16(19(23)22-8-1-2-9-22)7-10-26(24,25)18(17)13-21/h3-6,16-18H,1-2,7-13H2/t16-,17+,18+/m0/s1. The molecule has 0 saturated carbocycles. The first-order valence-corrected chi connectivity index (χ1v) is 11.1. The molecule has 0 aliphatic carbocycles. The zero-order valence-electron chi connectivity index (χ0n) is 14.8. The van der Waals surface area contributed by atoms with Crippen LogP contribution in [0.4, 0.5) is 4.39 Å². The lowest BCUT2D eigenvalue weighted by molar-refractivity contribution is -0.136. The molecule has 0 aromatic heterocycles. The molecular formula is C19H25FN2O3S. The van der Waals surface area contributed by atoms with E-state index >= 15 is 0 Å². The van der Waals surface area contributed by atoms with Crippen LogP contribution in [0.15, 0.2) is 24.3 Å². The van der Waals surface area contributed by atoms with Crippen LogP contribution in [0.2, 0.25) is 0 Å². The summed E-state index contributed by atoms with van der Waals surface area (Å²) in [7, 11) is -3.15. The van der Waals surface area contributed by atoms with E-state index in [1.54, 1.807) is 12.1 Å². The number of benzene rings is 1. The van der Waals surface area contributed by atoms with E-state index in [0.717, 1.165) is 31.5 Å². The molecule has 0 spiro atoms. The minimum atomic E-state index is -3.15. The minimum absolute atomic E-state index is 0.114. The number of amides is 1. The molecule has 3 atom stereocenters. The van der Waals surface area contributed by atoms with Crippen LogP contribution in [-0.4, -0.2) is 61.3 Å². The van der Waals surface area contributed by atoms with Crippen molar-refractivity contribution < 1.29 is 17.6 Å². The summed E-state index contributed by atoms with van der Waals surface area (Å²) < 4.78 is 38.3. The Morgan fingerprint density at radius 3 is 2.50 bits per heavy atom. The largest absolute Gasteiger partial charge is 0.342 e. The normalized spacial score (nSPS) is 31.1. The lowest BCUT2D eigenvalue weighted by atomic mass is 9.87. The predicted molar refractivity (Wildman–Crippen MR) is 96.7 cm³/mol. The van der Waals surface area contributed by atoms with Crippen LogP contribution in [-0.2, 0) is 21.2 Å². The quantitative estimate of drug-likeness (QED) is 0.801. The molecule has 0 radical (unpaired) electrons. The molecule has 5 nitrogen and oxygen atoms in total. The van der Waals surface area contributed by atoms with E-state index in [4.69, 9.17) is 0 Å². The second-order valence-electron chi connectivity index (χ2n) is 7.82. The Hall–Kier alpha value is -1.47. The average Bonchev–Trinajstić information content (AvgIpc) is 3.27. The lowest BCUT2D eigenvalue weighted by Crippen LogP contribution is -2.47. The van der Waals surface area contributed by atoms with Crippen molar-refractivity contribution in [1.82, 2.24) is 9.80 Å². The maximum Gasteiger partial charge on any atom is 0.226 e. The summed E-state index contributed by atoms with van der Waals surface area (Å²) in [5, 5.41) is -0.451. The van der Waals surface area contributed by atoms with Crippen LogP contribution in [0.5, 0.6) is 0 Å². The van der Waals surface area contributed by atoms with Crippen molar-refractivity contribution in [1.29, 1.82) is 0 Å². The summed E-state index contributed by atoms with van der Waals surface area (Å²) in [6.07, 6.45) is 2.53. The molecule has 7 heteroatoms. The zero-order chi connectivity index (χ0) is 18.3. The summed E-state index contributed by atoms with van der Waals surface area (Å²) in [6, 6.07) is 6.32. The minimum Gasteiger partial charge on any atom is -0.342 e. The number of carbonyl (C=O) groups is 1. The SMILES string of the molecule is O=C([C@H]1CCS(=O)(=O)[C@@H]2CN(Cc3ccc(F)cc3)C[C@H]12)N1CCCC1. The smallest absolute Gasteiger partial charge is 0.226 e. The van der Waals surface area contributed by atoms with E-state index < -0.39 is 15.1 Å². The van der Waals surface area contributed by atoms with Crippen LogP contribution in [0.3, 0.4) is 0 Å². The van der Waals surface area contributed by atoms with Crippen molar-refractivity contribution in [2.75, 3.05) is 31.9 Å². The van der Waals surface area contributed by atoms with Gasteiger partial charge in [0.25, 0.3) is 0 Å². The molecule has 3 heterocycles. The maximum absolute atomic E-state index is 13.1. The third-order valence-corrected chi connectivity index (χ3v) is 8.36. The van der Waals surface area contributed by atoms with E-state index in [1.165, 1.54) is 12.1 Å². The van der Waals surface area contributed by atoms with Gasteiger partial charge < -0.3 is 4.90 Å². The Morgan fingerprint density at radius 2 is 1.81 bits per heavy atom. The Balaban J connectivity index is 1.51. The predicted octanol–water partition coefficient (Wildman–Crippen LogP) is 1.68. The first-order valence-electron chi connectivity index (χ1n) is 9.41. The summed E-state index contributed by atoms with van der Waals surface area (Å²) >= 11 is 0. The molecule has 3 aliphatic rings. The van der Waals surface area contributed by atoms with Gasteiger partial charge in [-0.1, -0.05) is 12.1 Å². The molecular weight excluding hydrogens is 355 g/mol. The molecule has 1 aromatic rings. The van der Waals surface area contributed by atoms with E-state index in [1.807, 2.05) is 4.90 Å². The topological polar surface area (TPSA) is 57.7 Å². The van der Waals surface area contributed by atoms with Gasteiger partial charge in [0.05, 0.1) is 11.0 Å². The summed E-state index contributed by atoms with van der Waals surface area (Å²) in [5.74, 6) is -0.316. The van der Waals surface area contributed by atoms with Gasteiger partial charge in [-0.3, -0.25) is 9.69 Å². The lowest BCUT2D eigenvalue weighted by Gasteiger charge is -2.34. The van der Waals surface area contributed by atoms with Gasteiger partial charge in [0.2, 0.25) is 5.91 Å². The van der Waals surface area contributed by atoms with Gasteiger partial charge >= 0.3 is 0 Å². The van der Waals surface area contributed by atoms with Crippen LogP contribution < -0.4 is 0 Å². The second kappa shape index (κ2) is 6.93. The number of carbonyl (C=O) groups excluding carboxylic acids is 1. The average molecular weight is 380 g/mol. The third-order valence-electron chi connectivity index (χ3n) is 6.13. The van der Waals surface area contributed by atoms with Crippen LogP contribution in [0, 0.1) is 17.7 Å². The first kappa shape index (κ1) is 17.9. The highest BCUT2D eigenvalue weighted by atomic mass is 32.2. The fourth-order valence-electron chi connectivity index (χ4n) is 4.76. The van der Waals surface area contributed by atoms with Crippen molar-refractivity contribution in [2.45, 2.75) is 31.1 Å². The highest BCUT2D eigenvalue weighted by Crippen LogP contribution is 2.38. The summed E-state index contributed by atoms with van der Waals surface area (Å²) in [5.41, 5.74) is 0.963. The number of nitrogens with zero attached hydrogens (tertiary/aromatic N) is 2. The first-order chi connectivity index (χ1) is 12.4. The molecule has 3 fully saturated rings. The van der Waals surface area contributed by atoms with Gasteiger partial charge in [0, 0.05) is 44.6 Å². The Bertz CT molecular complexity index is 774. The second-order valence-corrected chi connectivity index (χ2v) is 10.2. The van der Waals surface area contributed by atoms with E-state index in [-0.39, 0.29) is 29.3 Å².